The molecule has 3 heterocycles. The quantitative estimate of drug-likeness (QED) is 0.897. The van der Waals surface area contributed by atoms with E-state index >= 15 is 0 Å². The van der Waals surface area contributed by atoms with Crippen molar-refractivity contribution in [1.82, 2.24) is 20.4 Å². The number of hydrogen-bond acceptors (Lipinski definition) is 5. The van der Waals surface area contributed by atoms with Crippen molar-refractivity contribution in [3.05, 3.63) is 23.4 Å². The van der Waals surface area contributed by atoms with E-state index in [-0.39, 0.29) is 11.9 Å². The number of rotatable bonds is 3. The Labute approximate surface area is 151 Å². The Hall–Kier alpha value is -1.89. The van der Waals surface area contributed by atoms with Crippen LogP contribution in [0.5, 0.6) is 0 Å². The molecule has 0 aromatic carbocycles. The molecule has 2 aromatic heterocycles. The third kappa shape index (κ3) is 3.86. The molecule has 1 saturated carbocycles. The Morgan fingerprint density at radius 1 is 1.24 bits per heavy atom. The number of carbonyl (C=O) groups excluding carboxylic acids is 1. The number of urea groups is 1. The molecule has 1 N–H and O–H groups in total. The summed E-state index contributed by atoms with van der Waals surface area (Å²) in [6.45, 7) is 1.46. The van der Waals surface area contributed by atoms with Crippen molar-refractivity contribution >= 4 is 17.4 Å². The predicted octanol–water partition coefficient (Wildman–Crippen LogP) is 4.02. The lowest BCUT2D eigenvalue weighted by atomic mass is 9.95. The molecule has 134 valence electrons. The van der Waals surface area contributed by atoms with E-state index in [1.165, 1.54) is 19.3 Å². The molecule has 2 aliphatic rings. The van der Waals surface area contributed by atoms with E-state index in [0.717, 1.165) is 37.1 Å². The van der Waals surface area contributed by atoms with Crippen LogP contribution in [0.25, 0.3) is 10.7 Å². The van der Waals surface area contributed by atoms with E-state index in [1.807, 2.05) is 22.4 Å². The normalized spacial score (nSPS) is 22.1. The molecule has 0 spiro atoms. The SMILES string of the molecule is O=C(NC1CCCCC1)N1CCC[C@H](c2nc(-c3cccs3)no2)C1. The lowest BCUT2D eigenvalue weighted by Crippen LogP contribution is -2.48. The minimum atomic E-state index is 0.0644. The van der Waals surface area contributed by atoms with Crippen LogP contribution in [-0.2, 0) is 0 Å². The van der Waals surface area contributed by atoms with Crippen molar-refractivity contribution in [2.45, 2.75) is 56.9 Å². The van der Waals surface area contributed by atoms with Gasteiger partial charge in [0.1, 0.15) is 0 Å². The first kappa shape index (κ1) is 16.6. The van der Waals surface area contributed by atoms with Gasteiger partial charge < -0.3 is 14.7 Å². The van der Waals surface area contributed by atoms with E-state index in [9.17, 15) is 4.79 Å². The zero-order chi connectivity index (χ0) is 17.1. The summed E-state index contributed by atoms with van der Waals surface area (Å²) in [6, 6.07) is 4.38. The monoisotopic (exact) mass is 360 g/mol. The molecule has 25 heavy (non-hydrogen) atoms. The Morgan fingerprint density at radius 3 is 2.92 bits per heavy atom. The summed E-state index contributed by atoms with van der Waals surface area (Å²) in [5.41, 5.74) is 0. The number of hydrogen-bond donors (Lipinski definition) is 1. The summed E-state index contributed by atoms with van der Waals surface area (Å²) < 4.78 is 5.49. The van der Waals surface area contributed by atoms with Crippen LogP contribution in [0.3, 0.4) is 0 Å². The first-order valence-corrected chi connectivity index (χ1v) is 10.1. The zero-order valence-corrected chi connectivity index (χ0v) is 15.1. The number of thiophene rings is 1. The Kier molecular flexibility index (Phi) is 5.01. The molecular weight excluding hydrogens is 336 g/mol. The summed E-state index contributed by atoms with van der Waals surface area (Å²) in [5, 5.41) is 9.32. The van der Waals surface area contributed by atoms with Gasteiger partial charge in [0.05, 0.1) is 10.8 Å². The fourth-order valence-corrected chi connectivity index (χ4v) is 4.43. The van der Waals surface area contributed by atoms with Crippen molar-refractivity contribution < 1.29 is 9.32 Å². The molecule has 1 saturated heterocycles. The Balaban J connectivity index is 1.38. The average molecular weight is 360 g/mol. The molecule has 1 aliphatic carbocycles. The summed E-state index contributed by atoms with van der Waals surface area (Å²) in [4.78, 5) is 20.1. The largest absolute Gasteiger partial charge is 0.339 e. The summed E-state index contributed by atoms with van der Waals surface area (Å²) in [6.07, 6.45) is 7.91. The van der Waals surface area contributed by atoms with E-state index in [0.29, 0.717) is 24.3 Å². The lowest BCUT2D eigenvalue weighted by molar-refractivity contribution is 0.166. The molecule has 0 unspecified atom stereocenters. The lowest BCUT2D eigenvalue weighted by Gasteiger charge is -2.33. The van der Waals surface area contributed by atoms with Gasteiger partial charge in [-0.15, -0.1) is 11.3 Å². The van der Waals surface area contributed by atoms with Crippen LogP contribution in [-0.4, -0.2) is 40.2 Å². The molecule has 1 aliphatic heterocycles. The van der Waals surface area contributed by atoms with Gasteiger partial charge in [-0.3, -0.25) is 0 Å². The molecule has 0 bridgehead atoms. The van der Waals surface area contributed by atoms with Gasteiger partial charge in [-0.1, -0.05) is 30.5 Å². The summed E-state index contributed by atoms with van der Waals surface area (Å²) in [5.74, 6) is 1.43. The van der Waals surface area contributed by atoms with Crippen molar-refractivity contribution in [2.75, 3.05) is 13.1 Å². The number of carbonyl (C=O) groups is 1. The van der Waals surface area contributed by atoms with Gasteiger partial charge in [0.2, 0.25) is 11.7 Å². The highest BCUT2D eigenvalue weighted by Crippen LogP contribution is 2.29. The van der Waals surface area contributed by atoms with Crippen molar-refractivity contribution in [2.24, 2.45) is 0 Å². The molecule has 0 radical (unpaired) electrons. The number of amides is 2. The molecular formula is C18H24N4O2S. The van der Waals surface area contributed by atoms with E-state index in [2.05, 4.69) is 15.5 Å². The van der Waals surface area contributed by atoms with Crippen LogP contribution in [0.1, 0.15) is 56.8 Å². The van der Waals surface area contributed by atoms with Crippen LogP contribution < -0.4 is 5.32 Å². The highest BCUT2D eigenvalue weighted by atomic mass is 32.1. The summed E-state index contributed by atoms with van der Waals surface area (Å²) >= 11 is 1.60. The summed E-state index contributed by atoms with van der Waals surface area (Å²) in [7, 11) is 0. The second-order valence-corrected chi connectivity index (χ2v) is 7.95. The van der Waals surface area contributed by atoms with Crippen LogP contribution in [0.2, 0.25) is 0 Å². The van der Waals surface area contributed by atoms with Gasteiger partial charge in [-0.2, -0.15) is 4.98 Å². The fraction of sp³-hybridized carbons (Fsp3) is 0.611. The van der Waals surface area contributed by atoms with Gasteiger partial charge in [0, 0.05) is 19.1 Å². The zero-order valence-electron chi connectivity index (χ0n) is 14.3. The van der Waals surface area contributed by atoms with Gasteiger partial charge in [0.15, 0.2) is 0 Å². The molecule has 1 atom stereocenters. The molecule has 2 fully saturated rings. The number of nitrogens with one attached hydrogen (secondary N) is 1. The standard InChI is InChI=1S/C18H24N4O2S/c23-18(19-14-7-2-1-3-8-14)22-10-4-6-13(12-22)17-20-16(21-24-17)15-9-5-11-25-15/h5,9,11,13-14H,1-4,6-8,10,12H2,(H,19,23)/t13-/m0/s1. The predicted molar refractivity (Wildman–Crippen MR) is 96.6 cm³/mol. The second kappa shape index (κ2) is 7.56. The van der Waals surface area contributed by atoms with Crippen molar-refractivity contribution in [3.8, 4) is 10.7 Å². The molecule has 2 amide bonds. The van der Waals surface area contributed by atoms with Gasteiger partial charge in [-0.05, 0) is 37.1 Å². The Bertz CT molecular complexity index is 694. The molecule has 7 heteroatoms. The number of aromatic nitrogens is 2. The van der Waals surface area contributed by atoms with E-state index in [1.54, 1.807) is 11.3 Å². The topological polar surface area (TPSA) is 71.3 Å². The minimum Gasteiger partial charge on any atom is -0.339 e. The first-order valence-electron chi connectivity index (χ1n) is 9.22. The van der Waals surface area contributed by atoms with Crippen molar-refractivity contribution in [3.63, 3.8) is 0 Å². The number of likely N-dealkylation sites (tertiary alicyclic amines) is 1. The molecule has 2 aromatic rings. The highest BCUT2D eigenvalue weighted by Gasteiger charge is 2.29. The van der Waals surface area contributed by atoms with E-state index in [4.69, 9.17) is 4.52 Å². The van der Waals surface area contributed by atoms with Gasteiger partial charge in [-0.25, -0.2) is 4.79 Å². The van der Waals surface area contributed by atoms with E-state index < -0.39 is 0 Å². The second-order valence-electron chi connectivity index (χ2n) is 7.00. The maximum Gasteiger partial charge on any atom is 0.317 e. The number of nitrogens with zero attached hydrogens (tertiary/aromatic N) is 3. The fourth-order valence-electron chi connectivity index (χ4n) is 3.78. The Morgan fingerprint density at radius 2 is 2.12 bits per heavy atom. The molecule has 4 rings (SSSR count). The van der Waals surface area contributed by atoms with Crippen LogP contribution in [0, 0.1) is 0 Å². The third-order valence-corrected chi connectivity index (χ3v) is 6.04. The molecule has 6 nitrogen and oxygen atoms in total. The first-order chi connectivity index (χ1) is 12.3. The highest BCUT2D eigenvalue weighted by molar-refractivity contribution is 7.13. The smallest absolute Gasteiger partial charge is 0.317 e. The van der Waals surface area contributed by atoms with Gasteiger partial charge >= 0.3 is 6.03 Å². The third-order valence-electron chi connectivity index (χ3n) is 5.17. The van der Waals surface area contributed by atoms with Crippen LogP contribution in [0.4, 0.5) is 4.79 Å². The average Bonchev–Trinajstić information content (AvgIpc) is 3.34. The maximum atomic E-state index is 12.6. The number of piperidine rings is 1. The van der Waals surface area contributed by atoms with Gasteiger partial charge in [0.25, 0.3) is 0 Å². The van der Waals surface area contributed by atoms with Crippen molar-refractivity contribution in [1.29, 1.82) is 0 Å². The van der Waals surface area contributed by atoms with Crippen LogP contribution in [0.15, 0.2) is 22.0 Å². The maximum absolute atomic E-state index is 12.6. The van der Waals surface area contributed by atoms with Crippen LogP contribution >= 0.6 is 11.3 Å². The minimum absolute atomic E-state index is 0.0644.